The van der Waals surface area contributed by atoms with Crippen molar-refractivity contribution in [1.82, 2.24) is 5.32 Å². The van der Waals surface area contributed by atoms with Crippen molar-refractivity contribution < 1.29 is 9.72 Å². The first-order chi connectivity index (χ1) is 7.00. The van der Waals surface area contributed by atoms with Crippen LogP contribution in [0.1, 0.15) is 24.2 Å². The summed E-state index contributed by atoms with van der Waals surface area (Å²) in [7, 11) is 0. The van der Waals surface area contributed by atoms with E-state index in [2.05, 4.69) is 11.4 Å². The molecule has 1 amide bonds. The van der Waals surface area contributed by atoms with Gasteiger partial charge in [-0.15, -0.1) is 0 Å². The maximum atomic E-state index is 11.5. The van der Waals surface area contributed by atoms with E-state index in [1.165, 1.54) is 18.2 Å². The molecule has 0 unspecified atom stereocenters. The molecule has 0 aliphatic heterocycles. The molecule has 0 heterocycles. The molecule has 0 aromatic heterocycles. The van der Waals surface area contributed by atoms with Gasteiger partial charge in [-0.2, -0.15) is 0 Å². The van der Waals surface area contributed by atoms with E-state index in [4.69, 9.17) is 0 Å². The molecule has 0 atom stereocenters. The number of nitrogens with one attached hydrogen (secondary N) is 1. The molecule has 15 heavy (non-hydrogen) atoms. The van der Waals surface area contributed by atoms with Crippen LogP contribution in [0.2, 0.25) is 0 Å². The Bertz CT molecular complexity index is 388. The molecule has 5 nitrogen and oxygen atoms in total. The molecule has 1 N–H and O–H groups in total. The van der Waals surface area contributed by atoms with Crippen molar-refractivity contribution in [2.24, 2.45) is 0 Å². The predicted molar refractivity (Wildman–Crippen MR) is 54.5 cm³/mol. The van der Waals surface area contributed by atoms with Crippen LogP contribution in [0.4, 0.5) is 5.69 Å². The van der Waals surface area contributed by atoms with Gasteiger partial charge in [-0.25, -0.2) is 0 Å². The van der Waals surface area contributed by atoms with Crippen molar-refractivity contribution in [2.75, 3.05) is 0 Å². The Morgan fingerprint density at radius 2 is 2.20 bits per heavy atom. The number of carbonyl (C=O) groups excluding carboxylic acids is 1. The molecule has 1 aromatic carbocycles. The van der Waals surface area contributed by atoms with E-state index in [1.807, 2.05) is 13.8 Å². The van der Waals surface area contributed by atoms with Gasteiger partial charge >= 0.3 is 0 Å². The maximum absolute atomic E-state index is 11.5. The van der Waals surface area contributed by atoms with Crippen molar-refractivity contribution >= 4 is 11.6 Å². The number of amides is 1. The van der Waals surface area contributed by atoms with Crippen molar-refractivity contribution in [3.05, 3.63) is 39.9 Å². The van der Waals surface area contributed by atoms with Gasteiger partial charge in [-0.05, 0) is 19.9 Å². The lowest BCUT2D eigenvalue weighted by atomic mass is 10.2. The molecule has 5 heteroatoms. The second-order valence-corrected chi connectivity index (χ2v) is 3.33. The third kappa shape index (κ3) is 3.05. The summed E-state index contributed by atoms with van der Waals surface area (Å²) < 4.78 is 0. The highest BCUT2D eigenvalue weighted by Gasteiger charge is 2.12. The predicted octanol–water partition coefficient (Wildman–Crippen LogP) is 1.53. The average molecular weight is 207 g/mol. The molecule has 79 valence electrons. The lowest BCUT2D eigenvalue weighted by Crippen LogP contribution is -2.30. The van der Waals surface area contributed by atoms with Crippen LogP contribution in [0.5, 0.6) is 0 Å². The second-order valence-electron chi connectivity index (χ2n) is 3.33. The molecule has 0 aliphatic carbocycles. The van der Waals surface area contributed by atoms with Crippen LogP contribution in [0.15, 0.2) is 18.2 Å². The van der Waals surface area contributed by atoms with Crippen LogP contribution in [0.3, 0.4) is 0 Å². The van der Waals surface area contributed by atoms with E-state index in [-0.39, 0.29) is 23.2 Å². The molecule has 0 fully saturated rings. The number of non-ortho nitro benzene ring substituents is 1. The Morgan fingerprint density at radius 3 is 2.73 bits per heavy atom. The third-order valence-electron chi connectivity index (χ3n) is 1.64. The average Bonchev–Trinajstić information content (AvgIpc) is 2.17. The van der Waals surface area contributed by atoms with Gasteiger partial charge in [0.2, 0.25) is 0 Å². The highest BCUT2D eigenvalue weighted by Crippen LogP contribution is 2.11. The third-order valence-corrected chi connectivity index (χ3v) is 1.64. The highest BCUT2D eigenvalue weighted by molar-refractivity contribution is 5.94. The molecular formula is C10H11N2O3. The molecule has 0 bridgehead atoms. The maximum Gasteiger partial charge on any atom is 0.278 e. The van der Waals surface area contributed by atoms with Gasteiger partial charge in [0, 0.05) is 12.1 Å². The van der Waals surface area contributed by atoms with Gasteiger partial charge in [0.05, 0.1) is 16.6 Å². The monoisotopic (exact) mass is 207 g/mol. The summed E-state index contributed by atoms with van der Waals surface area (Å²) >= 11 is 0. The number of nitrogens with zero attached hydrogens (tertiary/aromatic N) is 1. The van der Waals surface area contributed by atoms with Crippen molar-refractivity contribution in [2.45, 2.75) is 19.9 Å². The highest BCUT2D eigenvalue weighted by atomic mass is 16.6. The van der Waals surface area contributed by atoms with E-state index in [0.29, 0.717) is 0 Å². The van der Waals surface area contributed by atoms with Crippen molar-refractivity contribution in [3.63, 3.8) is 0 Å². The summed E-state index contributed by atoms with van der Waals surface area (Å²) in [5, 5.41) is 13.1. The van der Waals surface area contributed by atoms with Gasteiger partial charge in [0.25, 0.3) is 11.6 Å². The van der Waals surface area contributed by atoms with E-state index >= 15 is 0 Å². The number of hydrogen-bond acceptors (Lipinski definition) is 3. The lowest BCUT2D eigenvalue weighted by Gasteiger charge is -2.07. The molecule has 1 rings (SSSR count). The Balaban J connectivity index is 2.90. The zero-order chi connectivity index (χ0) is 11.4. The number of nitro groups is 1. The summed E-state index contributed by atoms with van der Waals surface area (Å²) in [5.41, 5.74) is -0.0238. The summed E-state index contributed by atoms with van der Waals surface area (Å²) in [6, 6.07) is 6.68. The number of benzene rings is 1. The summed E-state index contributed by atoms with van der Waals surface area (Å²) in [6.45, 7) is 3.63. The Labute approximate surface area is 87.3 Å². The van der Waals surface area contributed by atoms with Crippen molar-refractivity contribution in [3.8, 4) is 0 Å². The van der Waals surface area contributed by atoms with Gasteiger partial charge in [-0.1, -0.05) is 6.07 Å². The van der Waals surface area contributed by atoms with Crippen LogP contribution >= 0.6 is 0 Å². The summed E-state index contributed by atoms with van der Waals surface area (Å²) in [5.74, 6) is -0.353. The van der Waals surface area contributed by atoms with E-state index in [1.54, 1.807) is 0 Å². The van der Waals surface area contributed by atoms with Crippen LogP contribution in [0, 0.1) is 16.2 Å². The molecule has 0 aliphatic rings. The molecule has 1 radical (unpaired) electrons. The van der Waals surface area contributed by atoms with E-state index in [0.717, 1.165) is 0 Å². The minimum Gasteiger partial charge on any atom is -0.350 e. The summed E-state index contributed by atoms with van der Waals surface area (Å²) in [4.78, 5) is 21.3. The molecular weight excluding hydrogens is 196 g/mol. The van der Waals surface area contributed by atoms with Crippen LogP contribution in [-0.2, 0) is 0 Å². The lowest BCUT2D eigenvalue weighted by molar-refractivity contribution is -0.385. The minimum absolute atomic E-state index is 0.00911. The van der Waals surface area contributed by atoms with Gasteiger partial charge in [0.15, 0.2) is 0 Å². The first kappa shape index (κ1) is 11.2. The van der Waals surface area contributed by atoms with E-state index < -0.39 is 4.92 Å². The Kier molecular flexibility index (Phi) is 3.38. The van der Waals surface area contributed by atoms with Gasteiger partial charge in [0.1, 0.15) is 0 Å². The largest absolute Gasteiger partial charge is 0.350 e. The standard InChI is InChI=1S/C10H11N2O3/c1-7(2)11-10(13)8-4-3-5-9(6-8)12(14)15/h3-5,7H,1-2H3,(H,11,13). The quantitative estimate of drug-likeness (QED) is 0.603. The first-order valence-corrected chi connectivity index (χ1v) is 4.48. The number of nitro benzene ring substituents is 1. The topological polar surface area (TPSA) is 72.2 Å². The van der Waals surface area contributed by atoms with Crippen molar-refractivity contribution in [1.29, 1.82) is 0 Å². The SMILES string of the molecule is CC(C)NC(=O)c1[c]c([N+](=O)[O-])ccc1. The fraction of sp³-hybridized carbons (Fsp3) is 0.300. The number of rotatable bonds is 3. The molecule has 1 aromatic rings. The van der Waals surface area contributed by atoms with Crippen LogP contribution in [0.25, 0.3) is 0 Å². The molecule has 0 spiro atoms. The normalized spacial score (nSPS) is 10.1. The summed E-state index contributed by atoms with van der Waals surface area (Å²) in [6.07, 6.45) is 0. The molecule has 0 saturated carbocycles. The second kappa shape index (κ2) is 4.54. The zero-order valence-electron chi connectivity index (χ0n) is 8.48. The minimum atomic E-state index is -0.577. The zero-order valence-corrected chi connectivity index (χ0v) is 8.48. The van der Waals surface area contributed by atoms with Gasteiger partial charge in [-0.3, -0.25) is 14.9 Å². The Morgan fingerprint density at radius 1 is 1.53 bits per heavy atom. The van der Waals surface area contributed by atoms with E-state index in [9.17, 15) is 14.9 Å². The Hall–Kier alpha value is -1.91. The van der Waals surface area contributed by atoms with Gasteiger partial charge < -0.3 is 5.32 Å². The smallest absolute Gasteiger partial charge is 0.278 e. The fourth-order valence-electron chi connectivity index (χ4n) is 1.04. The first-order valence-electron chi connectivity index (χ1n) is 4.48. The van der Waals surface area contributed by atoms with Crippen LogP contribution < -0.4 is 5.32 Å². The molecule has 0 saturated heterocycles. The van der Waals surface area contributed by atoms with Crippen LogP contribution in [-0.4, -0.2) is 16.9 Å². The fourth-order valence-corrected chi connectivity index (χ4v) is 1.04. The number of hydrogen-bond donors (Lipinski definition) is 1. The number of carbonyl (C=O) groups is 1.